The molecule has 2 rings (SSSR count). The van der Waals surface area contributed by atoms with Crippen molar-refractivity contribution in [3.05, 3.63) is 29.7 Å². The molecule has 0 atom stereocenters. The van der Waals surface area contributed by atoms with Gasteiger partial charge in [-0.25, -0.2) is 9.50 Å². The fourth-order valence-electron chi connectivity index (χ4n) is 1.12. The average Bonchev–Trinajstić information content (AvgIpc) is 2.59. The quantitative estimate of drug-likeness (QED) is 0.516. The van der Waals surface area contributed by atoms with Crippen molar-refractivity contribution in [1.29, 1.82) is 0 Å². The molecular weight excluding hydrogens is 182 g/mol. The first-order valence-corrected chi connectivity index (χ1v) is 4.02. The van der Waals surface area contributed by atoms with Crippen LogP contribution in [0.2, 0.25) is 0 Å². The van der Waals surface area contributed by atoms with Gasteiger partial charge in [0.25, 0.3) is 0 Å². The van der Waals surface area contributed by atoms with E-state index in [9.17, 15) is 9.59 Å². The summed E-state index contributed by atoms with van der Waals surface area (Å²) < 4.78 is 1.42. The second kappa shape index (κ2) is 3.02. The minimum Gasteiger partial charge on any atom is -0.298 e. The minimum atomic E-state index is -0.122. The van der Waals surface area contributed by atoms with Gasteiger partial charge in [-0.1, -0.05) is 0 Å². The molecule has 2 heterocycles. The number of ketones is 1. The highest BCUT2D eigenvalue weighted by Gasteiger charge is 2.06. The lowest BCUT2D eigenvalue weighted by Crippen LogP contribution is -1.95. The van der Waals surface area contributed by atoms with Crippen LogP contribution >= 0.6 is 0 Å². The van der Waals surface area contributed by atoms with Crippen molar-refractivity contribution in [2.75, 3.05) is 0 Å². The summed E-state index contributed by atoms with van der Waals surface area (Å²) in [6.07, 6.45) is 3.65. The maximum absolute atomic E-state index is 11.0. The number of Topliss-reactive ketones (excluding diaryl/α,β-unsaturated/α-hetero) is 1. The number of carbonyl (C=O) groups is 2. The summed E-state index contributed by atoms with van der Waals surface area (Å²) in [4.78, 5) is 25.4. The van der Waals surface area contributed by atoms with E-state index < -0.39 is 0 Å². The van der Waals surface area contributed by atoms with E-state index >= 15 is 0 Å². The van der Waals surface area contributed by atoms with Gasteiger partial charge in [0, 0.05) is 25.4 Å². The van der Waals surface area contributed by atoms with Crippen molar-refractivity contribution >= 4 is 17.7 Å². The summed E-state index contributed by atoms with van der Waals surface area (Å²) in [7, 11) is 0. The fraction of sp³-hybridized carbons (Fsp3) is 0.111. The Labute approximate surface area is 79.4 Å². The first kappa shape index (κ1) is 8.55. The predicted molar refractivity (Wildman–Crippen MR) is 48.4 cm³/mol. The molecule has 0 saturated heterocycles. The molecule has 0 unspecified atom stereocenters. The average molecular weight is 189 g/mol. The standard InChI is InChI=1S/C9H7N3O2/c1-6(14)8-2-9-10-3-7(5-13)4-12(9)11-8/h2-5H,1H3. The van der Waals surface area contributed by atoms with Crippen LogP contribution in [0.5, 0.6) is 0 Å². The van der Waals surface area contributed by atoms with Gasteiger partial charge in [-0.15, -0.1) is 0 Å². The van der Waals surface area contributed by atoms with Crippen molar-refractivity contribution in [1.82, 2.24) is 14.6 Å². The zero-order valence-corrected chi connectivity index (χ0v) is 7.47. The molecule has 0 aromatic carbocycles. The SMILES string of the molecule is CC(=O)c1cc2ncc(C=O)cn2n1. The van der Waals surface area contributed by atoms with Gasteiger partial charge in [-0.05, 0) is 0 Å². The summed E-state index contributed by atoms with van der Waals surface area (Å²) in [6.45, 7) is 1.43. The molecule has 0 saturated carbocycles. The van der Waals surface area contributed by atoms with E-state index in [1.807, 2.05) is 0 Å². The third-order valence-electron chi connectivity index (χ3n) is 1.83. The maximum atomic E-state index is 11.0. The monoisotopic (exact) mass is 189 g/mol. The van der Waals surface area contributed by atoms with Crippen LogP contribution in [-0.4, -0.2) is 26.7 Å². The van der Waals surface area contributed by atoms with Gasteiger partial charge < -0.3 is 0 Å². The Balaban J connectivity index is 2.65. The van der Waals surface area contributed by atoms with Gasteiger partial charge in [-0.2, -0.15) is 5.10 Å². The van der Waals surface area contributed by atoms with Gasteiger partial charge in [-0.3, -0.25) is 9.59 Å². The first-order chi connectivity index (χ1) is 6.70. The molecule has 14 heavy (non-hydrogen) atoms. The molecule has 0 amide bonds. The molecular formula is C9H7N3O2. The molecule has 0 aliphatic carbocycles. The number of carbonyl (C=O) groups excluding carboxylic acids is 2. The van der Waals surface area contributed by atoms with Crippen molar-refractivity contribution in [2.45, 2.75) is 6.92 Å². The van der Waals surface area contributed by atoms with Gasteiger partial charge in [0.15, 0.2) is 17.7 Å². The summed E-state index contributed by atoms with van der Waals surface area (Å²) >= 11 is 0. The van der Waals surface area contributed by atoms with Crippen LogP contribution in [0.15, 0.2) is 18.5 Å². The molecule has 5 heteroatoms. The number of aldehydes is 1. The van der Waals surface area contributed by atoms with Crippen LogP contribution in [0.25, 0.3) is 5.65 Å². The van der Waals surface area contributed by atoms with E-state index in [0.717, 1.165) is 0 Å². The van der Waals surface area contributed by atoms with Gasteiger partial charge >= 0.3 is 0 Å². The highest BCUT2D eigenvalue weighted by Crippen LogP contribution is 2.04. The molecule has 0 bridgehead atoms. The second-order valence-corrected chi connectivity index (χ2v) is 2.89. The van der Waals surface area contributed by atoms with Crippen LogP contribution in [-0.2, 0) is 0 Å². The van der Waals surface area contributed by atoms with E-state index in [2.05, 4.69) is 10.1 Å². The molecule has 0 N–H and O–H groups in total. The van der Waals surface area contributed by atoms with Crippen LogP contribution < -0.4 is 0 Å². The van der Waals surface area contributed by atoms with E-state index in [4.69, 9.17) is 0 Å². The van der Waals surface area contributed by atoms with Gasteiger partial charge in [0.2, 0.25) is 0 Å². The largest absolute Gasteiger partial charge is 0.298 e. The topological polar surface area (TPSA) is 64.3 Å². The molecule has 0 spiro atoms. The summed E-state index contributed by atoms with van der Waals surface area (Å²) in [5, 5.41) is 3.97. The maximum Gasteiger partial charge on any atom is 0.180 e. The van der Waals surface area contributed by atoms with Crippen molar-refractivity contribution in [3.8, 4) is 0 Å². The Morgan fingerprint density at radius 2 is 2.36 bits per heavy atom. The van der Waals surface area contributed by atoms with Gasteiger partial charge in [0.05, 0.1) is 5.56 Å². The van der Waals surface area contributed by atoms with Crippen LogP contribution in [0.1, 0.15) is 27.8 Å². The van der Waals surface area contributed by atoms with E-state index in [-0.39, 0.29) is 5.78 Å². The molecule has 0 radical (unpaired) electrons. The van der Waals surface area contributed by atoms with E-state index in [1.54, 1.807) is 6.07 Å². The van der Waals surface area contributed by atoms with E-state index in [1.165, 1.54) is 23.8 Å². The van der Waals surface area contributed by atoms with Crippen LogP contribution in [0, 0.1) is 0 Å². The Kier molecular flexibility index (Phi) is 1.85. The molecule has 70 valence electrons. The summed E-state index contributed by atoms with van der Waals surface area (Å²) in [5.74, 6) is -0.122. The number of aromatic nitrogens is 3. The lowest BCUT2D eigenvalue weighted by atomic mass is 10.3. The number of rotatable bonds is 2. The fourth-order valence-corrected chi connectivity index (χ4v) is 1.12. The normalized spacial score (nSPS) is 10.4. The van der Waals surface area contributed by atoms with Crippen molar-refractivity contribution in [3.63, 3.8) is 0 Å². The lowest BCUT2D eigenvalue weighted by molar-refractivity contribution is 0.101. The molecule has 0 aliphatic rings. The van der Waals surface area contributed by atoms with Crippen LogP contribution in [0.3, 0.4) is 0 Å². The number of nitrogens with zero attached hydrogens (tertiary/aromatic N) is 3. The number of hydrogen-bond acceptors (Lipinski definition) is 4. The number of fused-ring (bicyclic) bond motifs is 1. The van der Waals surface area contributed by atoms with Crippen molar-refractivity contribution < 1.29 is 9.59 Å². The number of hydrogen-bond donors (Lipinski definition) is 0. The van der Waals surface area contributed by atoms with Crippen LogP contribution in [0.4, 0.5) is 0 Å². The van der Waals surface area contributed by atoms with Gasteiger partial charge in [0.1, 0.15) is 5.69 Å². The first-order valence-electron chi connectivity index (χ1n) is 4.02. The third kappa shape index (κ3) is 1.28. The second-order valence-electron chi connectivity index (χ2n) is 2.89. The molecule has 0 fully saturated rings. The Bertz CT molecular complexity index is 516. The Morgan fingerprint density at radius 1 is 1.57 bits per heavy atom. The zero-order valence-electron chi connectivity index (χ0n) is 7.47. The van der Waals surface area contributed by atoms with Crippen molar-refractivity contribution in [2.24, 2.45) is 0 Å². The minimum absolute atomic E-state index is 0.122. The Morgan fingerprint density at radius 3 is 3.00 bits per heavy atom. The molecule has 0 aliphatic heterocycles. The summed E-state index contributed by atoms with van der Waals surface area (Å²) in [6, 6.07) is 1.58. The highest BCUT2D eigenvalue weighted by atomic mass is 16.1. The molecule has 2 aromatic heterocycles. The smallest absolute Gasteiger partial charge is 0.180 e. The predicted octanol–water partition coefficient (Wildman–Crippen LogP) is 0.744. The zero-order chi connectivity index (χ0) is 10.1. The lowest BCUT2D eigenvalue weighted by Gasteiger charge is -1.91. The van der Waals surface area contributed by atoms with E-state index in [0.29, 0.717) is 23.2 Å². The summed E-state index contributed by atoms with van der Waals surface area (Å²) in [5.41, 5.74) is 1.33. The third-order valence-corrected chi connectivity index (χ3v) is 1.83. The molecule has 2 aromatic rings. The Hall–Kier alpha value is -2.04. The highest BCUT2D eigenvalue weighted by molar-refractivity contribution is 5.93. The molecule has 5 nitrogen and oxygen atoms in total.